The first kappa shape index (κ1) is 16.8. The number of carbonyl (C=O) groups excluding carboxylic acids is 1. The van der Waals surface area contributed by atoms with E-state index in [2.05, 4.69) is 20.4 Å². The van der Waals surface area contributed by atoms with Crippen LogP contribution in [0, 0.1) is 0 Å². The van der Waals surface area contributed by atoms with E-state index in [1.165, 1.54) is 0 Å². The van der Waals surface area contributed by atoms with Crippen LogP contribution in [-0.4, -0.2) is 45.4 Å². The zero-order valence-electron chi connectivity index (χ0n) is 15.1. The van der Waals surface area contributed by atoms with Gasteiger partial charge in [0.05, 0.1) is 18.8 Å². The summed E-state index contributed by atoms with van der Waals surface area (Å²) in [6.07, 6.45) is 3.58. The molecule has 0 fully saturated rings. The number of H-pyrrole nitrogens is 2. The molecule has 1 amide bonds. The predicted molar refractivity (Wildman–Crippen MR) is 102 cm³/mol. The minimum atomic E-state index is -0.139. The Morgan fingerprint density at radius 2 is 2.07 bits per heavy atom. The van der Waals surface area contributed by atoms with E-state index in [1.54, 1.807) is 25.3 Å². The largest absolute Gasteiger partial charge is 0.497 e. The summed E-state index contributed by atoms with van der Waals surface area (Å²) < 4.78 is 5.24. The lowest BCUT2D eigenvalue weighted by atomic mass is 10.1. The third kappa shape index (κ3) is 3.27. The van der Waals surface area contributed by atoms with Crippen molar-refractivity contribution in [3.8, 4) is 16.9 Å². The first-order chi connectivity index (χ1) is 13.2. The van der Waals surface area contributed by atoms with Gasteiger partial charge in [0.2, 0.25) is 0 Å². The number of nitrogens with zero attached hydrogens (tertiary/aromatic N) is 3. The van der Waals surface area contributed by atoms with Gasteiger partial charge in [0.15, 0.2) is 5.69 Å². The molecule has 2 aromatic heterocycles. The molecule has 2 N–H and O–H groups in total. The normalized spacial score (nSPS) is 10.9. The van der Waals surface area contributed by atoms with Crippen LogP contribution in [0.4, 0.5) is 0 Å². The van der Waals surface area contributed by atoms with Crippen LogP contribution in [0.5, 0.6) is 5.75 Å². The average Bonchev–Trinajstić information content (AvgIpc) is 3.37. The summed E-state index contributed by atoms with van der Waals surface area (Å²) in [6.45, 7) is 0.470. The first-order valence-electron chi connectivity index (χ1n) is 8.51. The molecule has 0 aliphatic heterocycles. The topological polar surface area (TPSA) is 86.9 Å². The molecule has 0 saturated carbocycles. The van der Waals surface area contributed by atoms with Crippen molar-refractivity contribution in [1.82, 2.24) is 25.3 Å². The highest BCUT2D eigenvalue weighted by molar-refractivity contribution is 6.05. The van der Waals surface area contributed by atoms with Crippen molar-refractivity contribution < 1.29 is 9.53 Å². The van der Waals surface area contributed by atoms with Crippen molar-refractivity contribution >= 4 is 16.8 Å². The second-order valence-electron chi connectivity index (χ2n) is 6.33. The number of hydrogen-bond donors (Lipinski definition) is 2. The minimum absolute atomic E-state index is 0.139. The molecule has 4 rings (SSSR count). The third-order valence-corrected chi connectivity index (χ3v) is 4.50. The van der Waals surface area contributed by atoms with Gasteiger partial charge in [-0.05, 0) is 35.4 Å². The summed E-state index contributed by atoms with van der Waals surface area (Å²) in [5, 5.41) is 14.8. The fourth-order valence-corrected chi connectivity index (χ4v) is 3.07. The molecule has 0 spiro atoms. The Labute approximate surface area is 156 Å². The van der Waals surface area contributed by atoms with Crippen LogP contribution in [0.3, 0.4) is 0 Å². The molecular weight excluding hydrogens is 342 g/mol. The fourth-order valence-electron chi connectivity index (χ4n) is 3.07. The van der Waals surface area contributed by atoms with E-state index in [0.717, 1.165) is 33.3 Å². The molecule has 0 radical (unpaired) electrons. The average molecular weight is 361 g/mol. The maximum absolute atomic E-state index is 12.9. The van der Waals surface area contributed by atoms with E-state index < -0.39 is 0 Å². The highest BCUT2D eigenvalue weighted by Crippen LogP contribution is 2.25. The molecule has 0 bridgehead atoms. The molecule has 136 valence electrons. The van der Waals surface area contributed by atoms with Crippen molar-refractivity contribution in [2.24, 2.45) is 0 Å². The molecule has 7 nitrogen and oxygen atoms in total. The van der Waals surface area contributed by atoms with Gasteiger partial charge in [-0.1, -0.05) is 18.2 Å². The van der Waals surface area contributed by atoms with Gasteiger partial charge in [0, 0.05) is 30.7 Å². The lowest BCUT2D eigenvalue weighted by molar-refractivity contribution is 0.0781. The molecule has 0 atom stereocenters. The van der Waals surface area contributed by atoms with Crippen molar-refractivity contribution in [1.29, 1.82) is 0 Å². The number of carbonyl (C=O) groups is 1. The van der Waals surface area contributed by atoms with Crippen molar-refractivity contribution in [2.75, 3.05) is 14.2 Å². The molecule has 0 saturated heterocycles. The zero-order valence-corrected chi connectivity index (χ0v) is 15.1. The SMILES string of the molecule is COc1cccc(CN(C)C(=O)c2n[nH]c3cc(-c4cn[nH]c4)ccc23)c1. The summed E-state index contributed by atoms with van der Waals surface area (Å²) in [5.74, 6) is 0.630. The number of hydrogen-bond acceptors (Lipinski definition) is 4. The Balaban J connectivity index is 1.58. The molecule has 0 aliphatic rings. The van der Waals surface area contributed by atoms with Crippen molar-refractivity contribution in [3.05, 3.63) is 66.1 Å². The summed E-state index contributed by atoms with van der Waals surface area (Å²) in [6, 6.07) is 13.5. The number of fused-ring (bicyclic) bond motifs is 1. The third-order valence-electron chi connectivity index (χ3n) is 4.50. The van der Waals surface area contributed by atoms with Crippen LogP contribution in [0.2, 0.25) is 0 Å². The lowest BCUT2D eigenvalue weighted by Gasteiger charge is -2.16. The molecule has 27 heavy (non-hydrogen) atoms. The molecule has 2 heterocycles. The van der Waals surface area contributed by atoms with Crippen LogP contribution in [0.15, 0.2) is 54.9 Å². The van der Waals surface area contributed by atoms with Gasteiger partial charge in [0.1, 0.15) is 5.75 Å². The maximum atomic E-state index is 12.9. The highest BCUT2D eigenvalue weighted by atomic mass is 16.5. The highest BCUT2D eigenvalue weighted by Gasteiger charge is 2.19. The first-order valence-corrected chi connectivity index (χ1v) is 8.51. The Bertz CT molecular complexity index is 1080. The Morgan fingerprint density at radius 3 is 2.85 bits per heavy atom. The summed E-state index contributed by atoms with van der Waals surface area (Å²) in [5.41, 5.74) is 4.20. The molecule has 7 heteroatoms. The van der Waals surface area contributed by atoms with Crippen molar-refractivity contribution in [3.63, 3.8) is 0 Å². The lowest BCUT2D eigenvalue weighted by Crippen LogP contribution is -2.26. The van der Waals surface area contributed by atoms with Gasteiger partial charge < -0.3 is 9.64 Å². The van der Waals surface area contributed by atoms with E-state index in [0.29, 0.717) is 12.2 Å². The number of aromatic amines is 2. The Morgan fingerprint density at radius 1 is 1.19 bits per heavy atom. The van der Waals surface area contributed by atoms with Gasteiger partial charge >= 0.3 is 0 Å². The minimum Gasteiger partial charge on any atom is -0.497 e. The maximum Gasteiger partial charge on any atom is 0.275 e. The number of methoxy groups -OCH3 is 1. The van der Waals surface area contributed by atoms with Crippen LogP contribution < -0.4 is 4.74 Å². The number of aromatic nitrogens is 4. The Hall–Kier alpha value is -3.61. The molecule has 0 aliphatic carbocycles. The van der Waals surface area contributed by atoms with E-state index in [9.17, 15) is 4.79 Å². The monoisotopic (exact) mass is 361 g/mol. The quantitative estimate of drug-likeness (QED) is 0.571. The van der Waals surface area contributed by atoms with Crippen LogP contribution in [0.25, 0.3) is 22.0 Å². The van der Waals surface area contributed by atoms with Gasteiger partial charge in [-0.3, -0.25) is 15.0 Å². The summed E-state index contributed by atoms with van der Waals surface area (Å²) in [4.78, 5) is 14.5. The second-order valence-corrected chi connectivity index (χ2v) is 6.33. The second kappa shape index (κ2) is 6.95. The van der Waals surface area contributed by atoms with E-state index in [1.807, 2.05) is 48.7 Å². The predicted octanol–water partition coefficient (Wildman–Crippen LogP) is 3.23. The molecule has 0 unspecified atom stereocenters. The van der Waals surface area contributed by atoms with Crippen molar-refractivity contribution in [2.45, 2.75) is 6.54 Å². The summed E-state index contributed by atoms with van der Waals surface area (Å²) in [7, 11) is 3.39. The Kier molecular flexibility index (Phi) is 4.33. The van der Waals surface area contributed by atoms with Crippen LogP contribution >= 0.6 is 0 Å². The van der Waals surface area contributed by atoms with Crippen LogP contribution in [-0.2, 0) is 6.54 Å². The number of amides is 1. The van der Waals surface area contributed by atoms with Gasteiger partial charge in [-0.2, -0.15) is 10.2 Å². The standard InChI is InChI=1S/C20H19N5O2/c1-25(12-13-4-3-5-16(8-13)27-2)20(26)19-17-7-6-14(9-18(17)23-24-19)15-10-21-22-11-15/h3-11H,12H2,1-2H3,(H,21,22)(H,23,24). The van der Waals surface area contributed by atoms with E-state index in [-0.39, 0.29) is 5.91 Å². The number of ether oxygens (including phenoxy) is 1. The summed E-state index contributed by atoms with van der Waals surface area (Å²) >= 11 is 0. The number of rotatable bonds is 5. The van der Waals surface area contributed by atoms with Crippen LogP contribution in [0.1, 0.15) is 16.1 Å². The molecule has 4 aromatic rings. The smallest absolute Gasteiger partial charge is 0.275 e. The van der Waals surface area contributed by atoms with Gasteiger partial charge in [-0.15, -0.1) is 0 Å². The van der Waals surface area contributed by atoms with E-state index >= 15 is 0 Å². The number of nitrogens with one attached hydrogen (secondary N) is 2. The zero-order chi connectivity index (χ0) is 18.8. The van der Waals surface area contributed by atoms with Gasteiger partial charge in [-0.25, -0.2) is 0 Å². The van der Waals surface area contributed by atoms with E-state index in [4.69, 9.17) is 4.74 Å². The van der Waals surface area contributed by atoms with Gasteiger partial charge in [0.25, 0.3) is 5.91 Å². The molecular formula is C20H19N5O2. The fraction of sp³-hybridized carbons (Fsp3) is 0.150. The molecule has 2 aromatic carbocycles. The number of benzene rings is 2.